The summed E-state index contributed by atoms with van der Waals surface area (Å²) in [5.41, 5.74) is 0.835. The van der Waals surface area contributed by atoms with Gasteiger partial charge in [0.05, 0.1) is 16.8 Å². The molecule has 19 heavy (non-hydrogen) atoms. The summed E-state index contributed by atoms with van der Waals surface area (Å²) < 4.78 is 0.667. The summed E-state index contributed by atoms with van der Waals surface area (Å²) in [4.78, 5) is 25.8. The Hall–Kier alpha value is -2.28. The number of nitro groups is 1. The molecule has 1 aromatic carbocycles. The number of amides is 1. The first kappa shape index (κ1) is 13.2. The number of carbonyl (C=O) groups excluding carboxylic acids is 1. The summed E-state index contributed by atoms with van der Waals surface area (Å²) in [6.45, 7) is 0. The summed E-state index contributed by atoms with van der Waals surface area (Å²) in [6, 6.07) is 8.77. The molecule has 96 valence electrons. The van der Waals surface area contributed by atoms with Crippen LogP contribution in [0.2, 0.25) is 0 Å². The average molecular weight is 322 g/mol. The molecule has 0 aliphatic rings. The molecule has 6 nitrogen and oxygen atoms in total. The zero-order valence-electron chi connectivity index (χ0n) is 9.54. The SMILES string of the molecule is O=C(Nc1ccc(Br)nc1)c1ccc([N+](=O)[O-])cc1. The molecular formula is C12H8BrN3O3. The van der Waals surface area contributed by atoms with Crippen LogP contribution in [0.15, 0.2) is 47.2 Å². The second kappa shape index (κ2) is 5.57. The monoisotopic (exact) mass is 321 g/mol. The lowest BCUT2D eigenvalue weighted by atomic mass is 10.2. The van der Waals surface area contributed by atoms with Gasteiger partial charge in [-0.2, -0.15) is 0 Å². The van der Waals surface area contributed by atoms with E-state index >= 15 is 0 Å². The maximum atomic E-state index is 11.9. The number of anilines is 1. The van der Waals surface area contributed by atoms with Gasteiger partial charge in [0, 0.05) is 17.7 Å². The molecule has 0 atom stereocenters. The topological polar surface area (TPSA) is 85.1 Å². The maximum absolute atomic E-state index is 11.9. The third-order valence-electron chi connectivity index (χ3n) is 2.33. The molecule has 7 heteroatoms. The minimum atomic E-state index is -0.514. The fourth-order valence-electron chi connectivity index (χ4n) is 1.39. The van der Waals surface area contributed by atoms with Gasteiger partial charge in [0.1, 0.15) is 4.60 Å². The number of nitrogens with zero attached hydrogens (tertiary/aromatic N) is 2. The molecule has 1 aromatic heterocycles. The highest BCUT2D eigenvalue weighted by Gasteiger charge is 2.09. The van der Waals surface area contributed by atoms with Gasteiger partial charge in [0.15, 0.2) is 0 Å². The van der Waals surface area contributed by atoms with Crippen molar-refractivity contribution in [3.05, 3.63) is 62.9 Å². The van der Waals surface area contributed by atoms with Crippen molar-refractivity contribution in [1.82, 2.24) is 4.98 Å². The fraction of sp³-hybridized carbons (Fsp3) is 0. The summed E-state index contributed by atoms with van der Waals surface area (Å²) >= 11 is 3.19. The largest absolute Gasteiger partial charge is 0.321 e. The highest BCUT2D eigenvalue weighted by atomic mass is 79.9. The number of hydrogen-bond donors (Lipinski definition) is 1. The van der Waals surface area contributed by atoms with Crippen molar-refractivity contribution in [2.75, 3.05) is 5.32 Å². The molecule has 0 aliphatic heterocycles. The molecule has 1 heterocycles. The van der Waals surface area contributed by atoms with Crippen LogP contribution >= 0.6 is 15.9 Å². The molecule has 0 bridgehead atoms. The van der Waals surface area contributed by atoms with Crippen LogP contribution in [0.1, 0.15) is 10.4 Å². The third-order valence-corrected chi connectivity index (χ3v) is 2.79. The van der Waals surface area contributed by atoms with E-state index in [1.54, 1.807) is 12.1 Å². The fourth-order valence-corrected chi connectivity index (χ4v) is 1.62. The highest BCUT2D eigenvalue weighted by Crippen LogP contribution is 2.14. The zero-order chi connectivity index (χ0) is 13.8. The number of nitrogens with one attached hydrogen (secondary N) is 1. The quantitative estimate of drug-likeness (QED) is 0.535. The highest BCUT2D eigenvalue weighted by molar-refractivity contribution is 9.10. The van der Waals surface area contributed by atoms with Gasteiger partial charge in [-0.3, -0.25) is 14.9 Å². The Kier molecular flexibility index (Phi) is 3.86. The van der Waals surface area contributed by atoms with E-state index in [-0.39, 0.29) is 11.6 Å². The van der Waals surface area contributed by atoms with Crippen molar-refractivity contribution in [2.45, 2.75) is 0 Å². The summed E-state index contributed by atoms with van der Waals surface area (Å²) in [7, 11) is 0. The number of hydrogen-bond acceptors (Lipinski definition) is 4. The van der Waals surface area contributed by atoms with Crippen molar-refractivity contribution in [1.29, 1.82) is 0 Å². The van der Waals surface area contributed by atoms with E-state index in [1.165, 1.54) is 30.5 Å². The molecule has 0 saturated heterocycles. The van der Waals surface area contributed by atoms with Gasteiger partial charge in [-0.1, -0.05) is 0 Å². The number of pyridine rings is 1. The summed E-state index contributed by atoms with van der Waals surface area (Å²) in [6.07, 6.45) is 1.51. The number of halogens is 1. The predicted octanol–water partition coefficient (Wildman–Crippen LogP) is 3.00. The smallest absolute Gasteiger partial charge is 0.269 e. The van der Waals surface area contributed by atoms with Gasteiger partial charge in [0.25, 0.3) is 11.6 Å². The molecule has 2 rings (SSSR count). The Labute approximate surface area is 116 Å². The van der Waals surface area contributed by atoms with Gasteiger partial charge in [-0.25, -0.2) is 4.98 Å². The van der Waals surface area contributed by atoms with Crippen molar-refractivity contribution in [3.8, 4) is 0 Å². The van der Waals surface area contributed by atoms with Crippen molar-refractivity contribution >= 4 is 33.2 Å². The van der Waals surface area contributed by atoms with E-state index < -0.39 is 4.92 Å². The van der Waals surface area contributed by atoms with Crippen molar-refractivity contribution in [2.24, 2.45) is 0 Å². The van der Waals surface area contributed by atoms with E-state index in [4.69, 9.17) is 0 Å². The van der Waals surface area contributed by atoms with E-state index in [2.05, 4.69) is 26.2 Å². The minimum Gasteiger partial charge on any atom is -0.321 e. The lowest BCUT2D eigenvalue weighted by Crippen LogP contribution is -2.11. The van der Waals surface area contributed by atoms with Gasteiger partial charge < -0.3 is 5.32 Å². The van der Waals surface area contributed by atoms with Crippen LogP contribution in [0.4, 0.5) is 11.4 Å². The normalized spacial score (nSPS) is 9.95. The van der Waals surface area contributed by atoms with Gasteiger partial charge in [-0.15, -0.1) is 0 Å². The van der Waals surface area contributed by atoms with E-state index in [0.717, 1.165) is 0 Å². The minimum absolute atomic E-state index is 0.0538. The number of non-ortho nitro benzene ring substituents is 1. The van der Waals surface area contributed by atoms with Gasteiger partial charge in [-0.05, 0) is 40.2 Å². The Morgan fingerprint density at radius 1 is 1.21 bits per heavy atom. The van der Waals surface area contributed by atoms with Crippen LogP contribution in [0.25, 0.3) is 0 Å². The van der Waals surface area contributed by atoms with Crippen LogP contribution in [0.5, 0.6) is 0 Å². The summed E-state index contributed by atoms with van der Waals surface area (Å²) in [5.74, 6) is -0.348. The first-order valence-corrected chi connectivity index (χ1v) is 6.03. The second-order valence-corrected chi connectivity index (χ2v) is 4.44. The van der Waals surface area contributed by atoms with E-state index in [0.29, 0.717) is 15.9 Å². The Balaban J connectivity index is 2.11. The Bertz CT molecular complexity index is 611. The molecular weight excluding hydrogens is 314 g/mol. The van der Waals surface area contributed by atoms with Gasteiger partial charge in [0.2, 0.25) is 0 Å². The number of rotatable bonds is 3. The van der Waals surface area contributed by atoms with E-state index in [1.807, 2.05) is 0 Å². The molecule has 0 spiro atoms. The van der Waals surface area contributed by atoms with E-state index in [9.17, 15) is 14.9 Å². The Morgan fingerprint density at radius 2 is 1.89 bits per heavy atom. The second-order valence-electron chi connectivity index (χ2n) is 3.63. The van der Waals surface area contributed by atoms with Crippen LogP contribution in [0, 0.1) is 10.1 Å². The first-order valence-electron chi connectivity index (χ1n) is 5.23. The molecule has 0 saturated carbocycles. The number of aromatic nitrogens is 1. The lowest BCUT2D eigenvalue weighted by Gasteiger charge is -2.04. The molecule has 1 amide bonds. The van der Waals surface area contributed by atoms with Gasteiger partial charge >= 0.3 is 0 Å². The molecule has 0 radical (unpaired) electrons. The lowest BCUT2D eigenvalue weighted by molar-refractivity contribution is -0.384. The Morgan fingerprint density at radius 3 is 2.42 bits per heavy atom. The van der Waals surface area contributed by atoms with Crippen LogP contribution < -0.4 is 5.32 Å². The average Bonchev–Trinajstić information content (AvgIpc) is 2.41. The zero-order valence-corrected chi connectivity index (χ0v) is 11.1. The molecule has 1 N–H and O–H groups in total. The maximum Gasteiger partial charge on any atom is 0.269 e. The molecule has 0 aliphatic carbocycles. The standard InChI is InChI=1S/C12H8BrN3O3/c13-11-6-3-9(7-14-11)15-12(17)8-1-4-10(5-2-8)16(18)19/h1-7H,(H,15,17). The number of carbonyl (C=O) groups is 1. The first-order chi connectivity index (χ1) is 9.06. The molecule has 0 fully saturated rings. The van der Waals surface area contributed by atoms with Crippen LogP contribution in [0.3, 0.4) is 0 Å². The number of nitro benzene ring substituents is 1. The van der Waals surface area contributed by atoms with Crippen molar-refractivity contribution < 1.29 is 9.72 Å². The molecule has 2 aromatic rings. The molecule has 0 unspecified atom stereocenters. The summed E-state index contributed by atoms with van der Waals surface area (Å²) in [5, 5.41) is 13.1. The van der Waals surface area contributed by atoms with Crippen molar-refractivity contribution in [3.63, 3.8) is 0 Å². The third kappa shape index (κ3) is 3.35. The van der Waals surface area contributed by atoms with Crippen LogP contribution in [-0.4, -0.2) is 15.8 Å². The number of benzene rings is 1. The van der Waals surface area contributed by atoms with Crippen LogP contribution in [-0.2, 0) is 0 Å². The predicted molar refractivity (Wildman–Crippen MR) is 73.0 cm³/mol.